The summed E-state index contributed by atoms with van der Waals surface area (Å²) in [6.45, 7) is 2.03. The Kier molecular flexibility index (Phi) is 5.63. The monoisotopic (exact) mass is 380 g/mol. The molecule has 2 aromatic heterocycles. The molecule has 0 aliphatic heterocycles. The Balaban J connectivity index is 1.50. The van der Waals surface area contributed by atoms with Crippen molar-refractivity contribution in [1.82, 2.24) is 25.1 Å². The van der Waals surface area contributed by atoms with Gasteiger partial charge in [-0.15, -0.1) is 16.4 Å². The average molecular weight is 381 g/mol. The molecule has 3 rings (SSSR count). The number of hydrogen-bond acceptors (Lipinski definition) is 7. The first-order valence-corrected chi connectivity index (χ1v) is 10.2. The van der Waals surface area contributed by atoms with E-state index in [0.29, 0.717) is 11.2 Å². The second kappa shape index (κ2) is 7.74. The fourth-order valence-corrected chi connectivity index (χ4v) is 5.25. The van der Waals surface area contributed by atoms with Crippen molar-refractivity contribution in [1.29, 1.82) is 0 Å². The number of nitrogens with one attached hydrogen (secondary N) is 1. The lowest BCUT2D eigenvalue weighted by molar-refractivity contribution is 0.0917. The van der Waals surface area contributed by atoms with Gasteiger partial charge in [-0.2, -0.15) is 4.98 Å². The summed E-state index contributed by atoms with van der Waals surface area (Å²) in [5.74, 6) is 0.723. The van der Waals surface area contributed by atoms with Crippen LogP contribution in [0.2, 0.25) is 0 Å². The zero-order chi connectivity index (χ0) is 18.0. The van der Waals surface area contributed by atoms with Crippen molar-refractivity contribution < 1.29 is 4.79 Å². The van der Waals surface area contributed by atoms with Crippen molar-refractivity contribution in [3.05, 3.63) is 16.9 Å². The van der Waals surface area contributed by atoms with Gasteiger partial charge in [0, 0.05) is 43.5 Å². The lowest BCUT2D eigenvalue weighted by atomic mass is 9.95. The Morgan fingerprint density at radius 2 is 2.04 bits per heavy atom. The first-order valence-electron chi connectivity index (χ1n) is 8.40. The maximum atomic E-state index is 12.4. The van der Waals surface area contributed by atoms with Crippen molar-refractivity contribution in [3.63, 3.8) is 0 Å². The van der Waals surface area contributed by atoms with Gasteiger partial charge in [0.25, 0.3) is 5.91 Å². The molecule has 1 aliphatic rings. The Hall–Kier alpha value is -1.61. The zero-order valence-electron chi connectivity index (χ0n) is 15.0. The molecule has 1 amide bonds. The molecule has 7 nitrogen and oxygen atoms in total. The van der Waals surface area contributed by atoms with Crippen molar-refractivity contribution in [2.24, 2.45) is 7.05 Å². The highest BCUT2D eigenvalue weighted by Gasteiger charge is 2.25. The summed E-state index contributed by atoms with van der Waals surface area (Å²) in [6, 6.07) is 0.203. The maximum Gasteiger partial charge on any atom is 0.291 e. The minimum Gasteiger partial charge on any atom is -0.347 e. The summed E-state index contributed by atoms with van der Waals surface area (Å²) >= 11 is 3.59. The number of carbonyl (C=O) groups is 1. The molecule has 0 bridgehead atoms. The van der Waals surface area contributed by atoms with E-state index in [0.717, 1.165) is 35.7 Å². The number of aromatic nitrogens is 4. The minimum absolute atomic E-state index is 0.185. The third kappa shape index (κ3) is 4.52. The third-order valence-corrected chi connectivity index (χ3v) is 6.64. The van der Waals surface area contributed by atoms with Crippen LogP contribution in [0, 0.1) is 6.92 Å². The number of thioether (sulfide) groups is 1. The Bertz CT molecular complexity index is 733. The van der Waals surface area contributed by atoms with Gasteiger partial charge in [-0.1, -0.05) is 11.8 Å². The van der Waals surface area contributed by atoms with Gasteiger partial charge in [0.2, 0.25) is 11.8 Å². The van der Waals surface area contributed by atoms with Crippen LogP contribution < -0.4 is 10.2 Å². The number of aryl methyl sites for hydroxylation is 2. The van der Waals surface area contributed by atoms with E-state index in [2.05, 4.69) is 25.8 Å². The maximum absolute atomic E-state index is 12.4. The van der Waals surface area contributed by atoms with Crippen molar-refractivity contribution in [2.75, 3.05) is 19.0 Å². The van der Waals surface area contributed by atoms with Crippen LogP contribution in [0.5, 0.6) is 0 Å². The smallest absolute Gasteiger partial charge is 0.291 e. The molecule has 9 heteroatoms. The van der Waals surface area contributed by atoms with Crippen LogP contribution in [0.1, 0.15) is 42.0 Å². The number of nitrogens with zero attached hydrogens (tertiary/aromatic N) is 5. The van der Waals surface area contributed by atoms with Gasteiger partial charge >= 0.3 is 0 Å². The van der Waals surface area contributed by atoms with Crippen molar-refractivity contribution in [2.45, 2.75) is 48.2 Å². The van der Waals surface area contributed by atoms with Gasteiger partial charge in [-0.05, 0) is 32.6 Å². The van der Waals surface area contributed by atoms with E-state index in [1.807, 2.05) is 37.7 Å². The molecule has 0 radical (unpaired) electrons. The topological polar surface area (TPSA) is 75.9 Å². The fraction of sp³-hybridized carbons (Fsp3) is 0.625. The zero-order valence-corrected chi connectivity index (χ0v) is 16.7. The number of hydrogen-bond donors (Lipinski definition) is 1. The number of anilines is 1. The van der Waals surface area contributed by atoms with Crippen molar-refractivity contribution in [3.8, 4) is 0 Å². The number of carbonyl (C=O) groups excluding carboxylic acids is 1. The van der Waals surface area contributed by atoms with Crippen LogP contribution in [0.3, 0.4) is 0 Å². The molecule has 0 unspecified atom stereocenters. The largest absolute Gasteiger partial charge is 0.347 e. The van der Waals surface area contributed by atoms with Gasteiger partial charge in [0.15, 0.2) is 0 Å². The first kappa shape index (κ1) is 18.2. The minimum atomic E-state index is -0.185. The summed E-state index contributed by atoms with van der Waals surface area (Å²) in [5.41, 5.74) is 1.09. The predicted molar refractivity (Wildman–Crippen MR) is 102 cm³/mol. The highest BCUT2D eigenvalue weighted by atomic mass is 32.2. The molecule has 1 N–H and O–H groups in total. The molecule has 2 aromatic rings. The van der Waals surface area contributed by atoms with Gasteiger partial charge in [-0.3, -0.25) is 4.79 Å². The van der Waals surface area contributed by atoms with E-state index in [-0.39, 0.29) is 17.8 Å². The van der Waals surface area contributed by atoms with E-state index < -0.39 is 0 Å². The van der Waals surface area contributed by atoms with Crippen LogP contribution in [0.25, 0.3) is 0 Å². The van der Waals surface area contributed by atoms with Crippen LogP contribution in [0.4, 0.5) is 5.95 Å². The first-order chi connectivity index (χ1) is 11.9. The lowest BCUT2D eigenvalue weighted by Crippen LogP contribution is -2.38. The molecule has 1 aliphatic carbocycles. The van der Waals surface area contributed by atoms with E-state index >= 15 is 0 Å². The van der Waals surface area contributed by atoms with Crippen LogP contribution in [-0.4, -0.2) is 51.0 Å². The second-order valence-electron chi connectivity index (χ2n) is 6.57. The normalized spacial score (nSPS) is 20.5. The lowest BCUT2D eigenvalue weighted by Gasteiger charge is -2.27. The standard InChI is InChI=1S/C16H24N6OS2/c1-10-9-24-16(17-10)25-12-7-5-11(6-8-12)18-14(23)13-19-15(21(2)3)22(4)20-13/h9,11-12H,5-8H2,1-4H3,(H,18,23). The van der Waals surface area contributed by atoms with Gasteiger partial charge in [-0.25, -0.2) is 9.67 Å². The molecule has 0 atom stereocenters. The molecule has 2 heterocycles. The molecule has 0 spiro atoms. The number of thiazole rings is 1. The van der Waals surface area contributed by atoms with Gasteiger partial charge in [0.05, 0.1) is 0 Å². The average Bonchev–Trinajstić information content (AvgIpc) is 3.15. The summed E-state index contributed by atoms with van der Waals surface area (Å²) in [7, 11) is 5.56. The Morgan fingerprint density at radius 1 is 1.32 bits per heavy atom. The van der Waals surface area contributed by atoms with Gasteiger partial charge in [0.1, 0.15) is 4.34 Å². The number of rotatable bonds is 5. The Labute approximate surface area is 156 Å². The molecule has 0 saturated heterocycles. The Morgan fingerprint density at radius 3 is 2.60 bits per heavy atom. The predicted octanol–water partition coefficient (Wildman–Crippen LogP) is 2.48. The molecule has 1 fully saturated rings. The van der Waals surface area contributed by atoms with Gasteiger partial charge < -0.3 is 10.2 Å². The quantitative estimate of drug-likeness (QED) is 0.859. The molecule has 25 heavy (non-hydrogen) atoms. The van der Waals surface area contributed by atoms with E-state index in [9.17, 15) is 4.79 Å². The molecular weight excluding hydrogens is 356 g/mol. The third-order valence-electron chi connectivity index (χ3n) is 4.22. The van der Waals surface area contributed by atoms with Crippen molar-refractivity contribution >= 4 is 35.0 Å². The molecule has 1 saturated carbocycles. The number of amides is 1. The summed E-state index contributed by atoms with van der Waals surface area (Å²) in [4.78, 5) is 23.1. The van der Waals surface area contributed by atoms with E-state index in [4.69, 9.17) is 0 Å². The second-order valence-corrected chi connectivity index (χ2v) is 8.98. The summed E-state index contributed by atoms with van der Waals surface area (Å²) < 4.78 is 2.78. The molecule has 0 aromatic carbocycles. The van der Waals surface area contributed by atoms with Crippen LogP contribution in [-0.2, 0) is 7.05 Å². The van der Waals surface area contributed by atoms with E-state index in [1.165, 1.54) is 0 Å². The molecule has 136 valence electrons. The highest BCUT2D eigenvalue weighted by molar-refractivity contribution is 8.01. The van der Waals surface area contributed by atoms with Crippen LogP contribution in [0.15, 0.2) is 9.72 Å². The SMILES string of the molecule is Cc1csc(SC2CCC(NC(=O)c3nc(N(C)C)n(C)n3)CC2)n1. The highest BCUT2D eigenvalue weighted by Crippen LogP contribution is 2.35. The summed E-state index contributed by atoms with van der Waals surface area (Å²) in [5, 5.41) is 9.98. The van der Waals surface area contributed by atoms with E-state index in [1.54, 1.807) is 23.1 Å². The fourth-order valence-electron chi connectivity index (χ4n) is 2.97. The van der Waals surface area contributed by atoms with Crippen LogP contribution >= 0.6 is 23.1 Å². The summed E-state index contributed by atoms with van der Waals surface area (Å²) in [6.07, 6.45) is 4.15. The molecular formula is C16H24N6OS2.